The Bertz CT molecular complexity index is 529. The number of rotatable bonds is 6. The Hall–Kier alpha value is -1.31. The fourth-order valence-electron chi connectivity index (χ4n) is 1.47. The quantitative estimate of drug-likeness (QED) is 0.574. The third kappa shape index (κ3) is 4.09. The summed E-state index contributed by atoms with van der Waals surface area (Å²) in [7, 11) is -2.26. The van der Waals surface area contributed by atoms with Gasteiger partial charge in [0.1, 0.15) is 4.90 Å². The molecular weight excluding hydrogens is 266 g/mol. The first-order chi connectivity index (χ1) is 8.77. The Morgan fingerprint density at radius 2 is 2.00 bits per heavy atom. The lowest BCUT2D eigenvalue weighted by Crippen LogP contribution is -2.26. The van der Waals surface area contributed by atoms with E-state index in [4.69, 9.17) is 5.73 Å². The molecule has 5 N–H and O–H groups in total. The molecule has 0 aliphatic heterocycles. The molecule has 0 aromatic heterocycles. The highest BCUT2D eigenvalue weighted by atomic mass is 32.2. The van der Waals surface area contributed by atoms with Crippen LogP contribution in [0.4, 0.5) is 11.4 Å². The largest absolute Gasteiger partial charge is 0.399 e. The number of hydrogen-bond donors (Lipinski definition) is 4. The van der Waals surface area contributed by atoms with Crippen molar-refractivity contribution in [2.45, 2.75) is 24.8 Å². The summed E-state index contributed by atoms with van der Waals surface area (Å²) in [4.78, 5) is 0.0750. The second kappa shape index (κ2) is 6.23. The summed E-state index contributed by atoms with van der Waals surface area (Å²) in [5.74, 6) is 0.0886. The predicted molar refractivity (Wildman–Crippen MR) is 76.4 cm³/mol. The highest BCUT2D eigenvalue weighted by molar-refractivity contribution is 7.89. The van der Waals surface area contributed by atoms with Crippen LogP contribution in [0, 0.1) is 5.92 Å². The minimum atomic E-state index is -3.59. The van der Waals surface area contributed by atoms with Gasteiger partial charge in [0, 0.05) is 12.2 Å². The number of anilines is 2. The van der Waals surface area contributed by atoms with Crippen LogP contribution in [0.2, 0.25) is 0 Å². The van der Waals surface area contributed by atoms with Gasteiger partial charge >= 0.3 is 0 Å². The van der Waals surface area contributed by atoms with Crippen LogP contribution >= 0.6 is 0 Å². The smallest absolute Gasteiger partial charge is 0.242 e. The summed E-state index contributed by atoms with van der Waals surface area (Å²) in [5.41, 5.74) is 6.40. The van der Waals surface area contributed by atoms with Gasteiger partial charge in [-0.15, -0.1) is 0 Å². The maximum Gasteiger partial charge on any atom is 0.242 e. The van der Waals surface area contributed by atoms with Crippen molar-refractivity contribution < 1.29 is 13.5 Å². The number of nitrogens with two attached hydrogens (primary N) is 1. The third-order valence-corrected chi connectivity index (χ3v) is 4.29. The molecule has 1 aromatic rings. The summed E-state index contributed by atoms with van der Waals surface area (Å²) in [5, 5.41) is 12.7. The van der Waals surface area contributed by atoms with Crippen molar-refractivity contribution in [2.24, 2.45) is 5.92 Å². The molecule has 1 aromatic carbocycles. The molecule has 0 aliphatic rings. The van der Waals surface area contributed by atoms with Crippen LogP contribution in [-0.4, -0.2) is 33.2 Å². The molecule has 0 fully saturated rings. The Balaban J connectivity index is 3.02. The van der Waals surface area contributed by atoms with E-state index in [0.717, 1.165) is 0 Å². The lowest BCUT2D eigenvalue weighted by Gasteiger charge is -2.18. The standard InChI is InChI=1S/C12H21N3O3S/c1-8(2)11(16)7-15-10-5-4-9(13)6-12(10)19(17,18)14-3/h4-6,8,11,14-16H,7,13H2,1-3H3. The summed E-state index contributed by atoms with van der Waals surface area (Å²) in [6, 6.07) is 4.58. The van der Waals surface area contributed by atoms with Crippen molar-refractivity contribution in [1.82, 2.24) is 4.72 Å². The molecule has 0 amide bonds. The molecule has 1 atom stereocenters. The number of sulfonamides is 1. The first kappa shape index (κ1) is 15.7. The van der Waals surface area contributed by atoms with Gasteiger partial charge in [-0.25, -0.2) is 13.1 Å². The van der Waals surface area contributed by atoms with Gasteiger partial charge < -0.3 is 16.2 Å². The van der Waals surface area contributed by atoms with E-state index in [-0.39, 0.29) is 17.4 Å². The molecule has 1 unspecified atom stereocenters. The topological polar surface area (TPSA) is 104 Å². The second-order valence-electron chi connectivity index (χ2n) is 4.66. The first-order valence-corrected chi connectivity index (χ1v) is 7.51. The van der Waals surface area contributed by atoms with Crippen LogP contribution in [0.3, 0.4) is 0 Å². The minimum absolute atomic E-state index is 0.0750. The molecule has 0 saturated carbocycles. The molecule has 19 heavy (non-hydrogen) atoms. The van der Waals surface area contributed by atoms with Crippen LogP contribution in [0.1, 0.15) is 13.8 Å². The van der Waals surface area contributed by atoms with Crippen LogP contribution in [0.25, 0.3) is 0 Å². The molecule has 0 aliphatic carbocycles. The van der Waals surface area contributed by atoms with Crippen molar-refractivity contribution in [3.05, 3.63) is 18.2 Å². The Morgan fingerprint density at radius 1 is 1.37 bits per heavy atom. The molecular formula is C12H21N3O3S. The number of hydrogen-bond acceptors (Lipinski definition) is 5. The van der Waals surface area contributed by atoms with Gasteiger partial charge in [-0.05, 0) is 31.2 Å². The molecule has 0 bridgehead atoms. The van der Waals surface area contributed by atoms with Crippen molar-refractivity contribution in [1.29, 1.82) is 0 Å². The third-order valence-electron chi connectivity index (χ3n) is 2.84. The molecule has 6 nitrogen and oxygen atoms in total. The van der Waals surface area contributed by atoms with Crippen LogP contribution < -0.4 is 15.8 Å². The van der Waals surface area contributed by atoms with Crippen LogP contribution in [0.15, 0.2) is 23.1 Å². The lowest BCUT2D eigenvalue weighted by molar-refractivity contribution is 0.138. The van der Waals surface area contributed by atoms with E-state index in [9.17, 15) is 13.5 Å². The maximum absolute atomic E-state index is 11.9. The zero-order valence-electron chi connectivity index (χ0n) is 11.3. The van der Waals surface area contributed by atoms with E-state index in [0.29, 0.717) is 11.4 Å². The molecule has 0 saturated heterocycles. The predicted octanol–water partition coefficient (Wildman–Crippen LogP) is 0.606. The van der Waals surface area contributed by atoms with Gasteiger partial charge in [-0.3, -0.25) is 0 Å². The normalized spacial score (nSPS) is 13.5. The fourth-order valence-corrected chi connectivity index (χ4v) is 2.41. The monoisotopic (exact) mass is 287 g/mol. The lowest BCUT2D eigenvalue weighted by atomic mass is 10.1. The van der Waals surface area contributed by atoms with Gasteiger partial charge in [0.15, 0.2) is 0 Å². The highest BCUT2D eigenvalue weighted by Gasteiger charge is 2.18. The number of benzene rings is 1. The molecule has 0 spiro atoms. The molecule has 1 rings (SSSR count). The Kier molecular flexibility index (Phi) is 5.16. The zero-order chi connectivity index (χ0) is 14.6. The Labute approximate surface area is 114 Å². The molecule has 0 radical (unpaired) electrons. The number of aliphatic hydroxyl groups is 1. The van der Waals surface area contributed by atoms with Gasteiger partial charge in [0.2, 0.25) is 10.0 Å². The summed E-state index contributed by atoms with van der Waals surface area (Å²) < 4.78 is 26.0. The number of aliphatic hydroxyl groups excluding tert-OH is 1. The Morgan fingerprint density at radius 3 is 2.53 bits per heavy atom. The molecule has 7 heteroatoms. The summed E-state index contributed by atoms with van der Waals surface area (Å²) >= 11 is 0. The van der Waals surface area contributed by atoms with Crippen LogP contribution in [-0.2, 0) is 10.0 Å². The minimum Gasteiger partial charge on any atom is -0.399 e. The highest BCUT2D eigenvalue weighted by Crippen LogP contribution is 2.23. The molecule has 108 valence electrons. The van der Waals surface area contributed by atoms with Gasteiger partial charge in [-0.2, -0.15) is 0 Å². The van der Waals surface area contributed by atoms with Gasteiger partial charge in [0.05, 0.1) is 11.8 Å². The van der Waals surface area contributed by atoms with E-state index >= 15 is 0 Å². The molecule has 0 heterocycles. The maximum atomic E-state index is 11.9. The van der Waals surface area contributed by atoms with Gasteiger partial charge in [-0.1, -0.05) is 13.8 Å². The first-order valence-electron chi connectivity index (χ1n) is 6.03. The summed E-state index contributed by atoms with van der Waals surface area (Å²) in [6.45, 7) is 4.05. The van der Waals surface area contributed by atoms with E-state index in [1.54, 1.807) is 12.1 Å². The van der Waals surface area contributed by atoms with E-state index in [1.807, 2.05) is 13.8 Å². The van der Waals surface area contributed by atoms with Gasteiger partial charge in [0.25, 0.3) is 0 Å². The van der Waals surface area contributed by atoms with Crippen molar-refractivity contribution >= 4 is 21.4 Å². The van der Waals surface area contributed by atoms with E-state index in [2.05, 4.69) is 10.0 Å². The van der Waals surface area contributed by atoms with Crippen molar-refractivity contribution in [2.75, 3.05) is 24.6 Å². The fraction of sp³-hybridized carbons (Fsp3) is 0.500. The average Bonchev–Trinajstić information content (AvgIpc) is 2.36. The summed E-state index contributed by atoms with van der Waals surface area (Å²) in [6.07, 6.45) is -0.553. The SMILES string of the molecule is CNS(=O)(=O)c1cc(N)ccc1NCC(O)C(C)C. The average molecular weight is 287 g/mol. The number of nitrogens with one attached hydrogen (secondary N) is 2. The van der Waals surface area contributed by atoms with E-state index < -0.39 is 16.1 Å². The van der Waals surface area contributed by atoms with E-state index in [1.165, 1.54) is 13.1 Å². The zero-order valence-corrected chi connectivity index (χ0v) is 12.2. The van der Waals surface area contributed by atoms with Crippen molar-refractivity contribution in [3.63, 3.8) is 0 Å². The van der Waals surface area contributed by atoms with Crippen molar-refractivity contribution in [3.8, 4) is 0 Å². The number of nitrogen functional groups attached to an aromatic ring is 1. The van der Waals surface area contributed by atoms with Crippen LogP contribution in [0.5, 0.6) is 0 Å². The second-order valence-corrected chi connectivity index (χ2v) is 6.51.